The van der Waals surface area contributed by atoms with Crippen LogP contribution in [0.25, 0.3) is 0 Å². The van der Waals surface area contributed by atoms with E-state index in [1.54, 1.807) is 25.3 Å². The molecule has 0 fully saturated rings. The molecular weight excluding hydrogens is 370 g/mol. The van der Waals surface area contributed by atoms with Crippen molar-refractivity contribution >= 4 is 29.1 Å². The molecule has 4 nitrogen and oxygen atoms in total. The van der Waals surface area contributed by atoms with Crippen LogP contribution in [-0.4, -0.2) is 24.6 Å². The summed E-state index contributed by atoms with van der Waals surface area (Å²) in [5.74, 6) is 0.755. The Hall–Kier alpha value is -3.05. The minimum atomic E-state index is -0.160. The van der Waals surface area contributed by atoms with Crippen LogP contribution in [0.15, 0.2) is 77.7 Å². The maximum atomic E-state index is 12.9. The number of thioether (sulfide) groups is 1. The topological polar surface area (TPSA) is 55.4 Å². The summed E-state index contributed by atoms with van der Waals surface area (Å²) in [6, 6.07) is 22.1. The molecule has 0 atom stereocenters. The average molecular weight is 391 g/mol. The molecule has 3 rings (SSSR count). The maximum Gasteiger partial charge on any atom is 0.234 e. The van der Waals surface area contributed by atoms with E-state index in [-0.39, 0.29) is 17.4 Å². The van der Waals surface area contributed by atoms with Crippen LogP contribution in [-0.2, 0) is 4.79 Å². The third-order valence-electron chi connectivity index (χ3n) is 4.16. The Labute approximate surface area is 168 Å². The van der Waals surface area contributed by atoms with Crippen molar-refractivity contribution in [2.45, 2.75) is 11.8 Å². The van der Waals surface area contributed by atoms with Gasteiger partial charge in [-0.05, 0) is 43.3 Å². The normalized spacial score (nSPS) is 10.4. The predicted octanol–water partition coefficient (Wildman–Crippen LogP) is 4.97. The molecule has 0 spiro atoms. The zero-order valence-corrected chi connectivity index (χ0v) is 16.6. The number of hydrogen-bond acceptors (Lipinski definition) is 4. The number of ether oxygens (including phenoxy) is 1. The maximum absolute atomic E-state index is 12.9. The van der Waals surface area contributed by atoms with Crippen molar-refractivity contribution in [3.8, 4) is 5.75 Å². The Bertz CT molecular complexity index is 969. The summed E-state index contributed by atoms with van der Waals surface area (Å²) in [5, 5.41) is 2.88. The van der Waals surface area contributed by atoms with Gasteiger partial charge in [0, 0.05) is 16.0 Å². The Morgan fingerprint density at radius 3 is 2.36 bits per heavy atom. The van der Waals surface area contributed by atoms with Crippen LogP contribution < -0.4 is 10.1 Å². The van der Waals surface area contributed by atoms with Gasteiger partial charge in [0.2, 0.25) is 5.91 Å². The lowest BCUT2D eigenvalue weighted by atomic mass is 10.00. The molecule has 0 bridgehead atoms. The summed E-state index contributed by atoms with van der Waals surface area (Å²) < 4.78 is 5.13. The molecule has 1 N–H and O–H groups in total. The minimum absolute atomic E-state index is 0.109. The predicted molar refractivity (Wildman–Crippen MR) is 113 cm³/mol. The SMILES string of the molecule is COc1ccc(SCC(=O)Nc2ccc(C)cc2C(=O)c2ccccc2)cc1. The van der Waals surface area contributed by atoms with Crippen molar-refractivity contribution in [3.63, 3.8) is 0 Å². The van der Waals surface area contributed by atoms with Gasteiger partial charge in [0.15, 0.2) is 5.78 Å². The van der Waals surface area contributed by atoms with Crippen molar-refractivity contribution in [1.29, 1.82) is 0 Å². The zero-order chi connectivity index (χ0) is 19.9. The van der Waals surface area contributed by atoms with Crippen molar-refractivity contribution < 1.29 is 14.3 Å². The van der Waals surface area contributed by atoms with Crippen LogP contribution in [0.1, 0.15) is 21.5 Å². The highest BCUT2D eigenvalue weighted by molar-refractivity contribution is 8.00. The smallest absolute Gasteiger partial charge is 0.234 e. The van der Waals surface area contributed by atoms with Crippen LogP contribution in [0.4, 0.5) is 5.69 Å². The third-order valence-corrected chi connectivity index (χ3v) is 5.17. The van der Waals surface area contributed by atoms with Gasteiger partial charge in [-0.15, -0.1) is 11.8 Å². The quantitative estimate of drug-likeness (QED) is 0.457. The van der Waals surface area contributed by atoms with Crippen molar-refractivity contribution in [2.24, 2.45) is 0 Å². The average Bonchev–Trinajstić information content (AvgIpc) is 2.74. The van der Waals surface area contributed by atoms with E-state index in [1.165, 1.54) is 11.8 Å². The first-order chi connectivity index (χ1) is 13.6. The monoisotopic (exact) mass is 391 g/mol. The number of hydrogen-bond donors (Lipinski definition) is 1. The molecule has 0 aliphatic carbocycles. The molecule has 142 valence electrons. The standard InChI is InChI=1S/C23H21NO3S/c1-16-8-13-21(20(14-16)23(26)17-6-4-3-5-7-17)24-22(25)15-28-19-11-9-18(27-2)10-12-19/h3-14H,15H2,1-2H3,(H,24,25). The van der Waals surface area contributed by atoms with E-state index in [4.69, 9.17) is 4.74 Å². The van der Waals surface area contributed by atoms with E-state index in [0.717, 1.165) is 16.2 Å². The summed E-state index contributed by atoms with van der Waals surface area (Å²) in [7, 11) is 1.62. The van der Waals surface area contributed by atoms with Crippen molar-refractivity contribution in [1.82, 2.24) is 0 Å². The molecule has 0 aromatic heterocycles. The Balaban J connectivity index is 1.71. The highest BCUT2D eigenvalue weighted by Crippen LogP contribution is 2.24. The van der Waals surface area contributed by atoms with Crippen LogP contribution in [0.5, 0.6) is 5.75 Å². The number of amides is 1. The number of nitrogens with one attached hydrogen (secondary N) is 1. The van der Waals surface area contributed by atoms with Crippen LogP contribution in [0.2, 0.25) is 0 Å². The van der Waals surface area contributed by atoms with Gasteiger partial charge in [-0.2, -0.15) is 0 Å². The minimum Gasteiger partial charge on any atom is -0.497 e. The highest BCUT2D eigenvalue weighted by Gasteiger charge is 2.15. The molecule has 0 radical (unpaired) electrons. The van der Waals surface area contributed by atoms with Gasteiger partial charge in [0.25, 0.3) is 0 Å². The molecule has 28 heavy (non-hydrogen) atoms. The molecule has 0 saturated heterocycles. The molecular formula is C23H21NO3S. The van der Waals surface area contributed by atoms with Gasteiger partial charge in [0.1, 0.15) is 5.75 Å². The van der Waals surface area contributed by atoms with E-state index in [2.05, 4.69) is 5.32 Å². The number of aryl methyl sites for hydroxylation is 1. The van der Waals surface area contributed by atoms with Gasteiger partial charge in [-0.25, -0.2) is 0 Å². The molecule has 0 unspecified atom stereocenters. The van der Waals surface area contributed by atoms with E-state index in [0.29, 0.717) is 16.8 Å². The molecule has 3 aromatic carbocycles. The number of rotatable bonds is 7. The molecule has 5 heteroatoms. The van der Waals surface area contributed by atoms with E-state index in [9.17, 15) is 9.59 Å². The Morgan fingerprint density at radius 1 is 0.964 bits per heavy atom. The number of carbonyl (C=O) groups excluding carboxylic acids is 2. The molecule has 0 saturated carbocycles. The van der Waals surface area contributed by atoms with Gasteiger partial charge in [-0.3, -0.25) is 9.59 Å². The highest BCUT2D eigenvalue weighted by atomic mass is 32.2. The van der Waals surface area contributed by atoms with E-state index >= 15 is 0 Å². The first-order valence-corrected chi connectivity index (χ1v) is 9.82. The lowest BCUT2D eigenvalue weighted by molar-refractivity contribution is -0.113. The summed E-state index contributed by atoms with van der Waals surface area (Å²) in [6.07, 6.45) is 0. The second-order valence-corrected chi connectivity index (χ2v) is 7.31. The number of methoxy groups -OCH3 is 1. The van der Waals surface area contributed by atoms with Crippen molar-refractivity contribution in [2.75, 3.05) is 18.2 Å². The summed E-state index contributed by atoms with van der Waals surface area (Å²) >= 11 is 1.43. The molecule has 1 amide bonds. The van der Waals surface area contributed by atoms with Crippen LogP contribution >= 0.6 is 11.8 Å². The van der Waals surface area contributed by atoms with Crippen LogP contribution in [0, 0.1) is 6.92 Å². The summed E-state index contributed by atoms with van der Waals surface area (Å²) in [4.78, 5) is 26.3. The van der Waals surface area contributed by atoms with Crippen LogP contribution in [0.3, 0.4) is 0 Å². The Kier molecular flexibility index (Phi) is 6.50. The fraction of sp³-hybridized carbons (Fsp3) is 0.130. The first kappa shape index (κ1) is 19.7. The lowest BCUT2D eigenvalue weighted by Gasteiger charge is -2.12. The van der Waals surface area contributed by atoms with Gasteiger partial charge >= 0.3 is 0 Å². The first-order valence-electron chi connectivity index (χ1n) is 8.84. The zero-order valence-electron chi connectivity index (χ0n) is 15.8. The van der Waals surface area contributed by atoms with Gasteiger partial charge in [-0.1, -0.05) is 42.0 Å². The second-order valence-electron chi connectivity index (χ2n) is 6.26. The Morgan fingerprint density at radius 2 is 1.68 bits per heavy atom. The fourth-order valence-electron chi connectivity index (χ4n) is 2.71. The number of benzene rings is 3. The third kappa shape index (κ3) is 5.02. The summed E-state index contributed by atoms with van der Waals surface area (Å²) in [6.45, 7) is 1.92. The largest absolute Gasteiger partial charge is 0.497 e. The molecule has 0 aliphatic rings. The molecule has 0 heterocycles. The number of ketones is 1. The fourth-order valence-corrected chi connectivity index (χ4v) is 3.41. The number of anilines is 1. The van der Waals surface area contributed by atoms with Gasteiger partial charge < -0.3 is 10.1 Å². The molecule has 0 aliphatic heterocycles. The second kappa shape index (κ2) is 9.24. The van der Waals surface area contributed by atoms with E-state index in [1.807, 2.05) is 61.5 Å². The van der Waals surface area contributed by atoms with Crippen molar-refractivity contribution in [3.05, 3.63) is 89.5 Å². The lowest BCUT2D eigenvalue weighted by Crippen LogP contribution is -2.17. The molecule has 3 aromatic rings. The van der Waals surface area contributed by atoms with Gasteiger partial charge in [0.05, 0.1) is 18.6 Å². The number of carbonyl (C=O) groups is 2. The van der Waals surface area contributed by atoms with E-state index < -0.39 is 0 Å². The summed E-state index contributed by atoms with van der Waals surface area (Å²) in [5.41, 5.74) is 2.58.